The maximum absolute atomic E-state index is 5.62. The minimum atomic E-state index is 0.629. The predicted octanol–water partition coefficient (Wildman–Crippen LogP) is 2.04. The highest BCUT2D eigenvalue weighted by molar-refractivity contribution is 7.71. The van der Waals surface area contributed by atoms with Crippen LogP contribution >= 0.6 is 12.2 Å². The first-order chi connectivity index (χ1) is 11.7. The molecule has 2 aliphatic carbocycles. The second-order valence-corrected chi connectivity index (χ2v) is 7.45. The van der Waals surface area contributed by atoms with E-state index >= 15 is 0 Å². The van der Waals surface area contributed by atoms with Crippen molar-refractivity contribution in [2.24, 2.45) is 7.05 Å². The molecule has 1 aromatic carbocycles. The van der Waals surface area contributed by atoms with Gasteiger partial charge in [0.25, 0.3) is 0 Å². The zero-order valence-corrected chi connectivity index (χ0v) is 15.2. The van der Waals surface area contributed by atoms with Crippen molar-refractivity contribution in [3.63, 3.8) is 0 Å². The summed E-state index contributed by atoms with van der Waals surface area (Å²) in [6.07, 6.45) is 5.12. The molecule has 1 heterocycles. The van der Waals surface area contributed by atoms with E-state index in [0.29, 0.717) is 5.92 Å². The summed E-state index contributed by atoms with van der Waals surface area (Å²) in [7, 11) is 3.76. The molecular formula is C18H25N4OS+. The van der Waals surface area contributed by atoms with Gasteiger partial charge in [-0.3, -0.25) is 0 Å². The smallest absolute Gasteiger partial charge is 0.202 e. The van der Waals surface area contributed by atoms with E-state index in [0.717, 1.165) is 29.8 Å². The molecule has 128 valence electrons. The SMILES string of the molecule is COc1ccc(C[NH+](Cn2nc(C3CC3)n(C)c2=S)C2CC2)cc1. The highest BCUT2D eigenvalue weighted by atomic mass is 32.1. The van der Waals surface area contributed by atoms with Crippen molar-refractivity contribution in [1.82, 2.24) is 14.3 Å². The lowest BCUT2D eigenvalue weighted by Crippen LogP contribution is -3.11. The molecule has 2 aromatic rings. The Hall–Kier alpha value is -1.66. The Balaban J connectivity index is 1.51. The molecule has 1 unspecified atom stereocenters. The molecule has 1 aromatic heterocycles. The largest absolute Gasteiger partial charge is 0.497 e. The van der Waals surface area contributed by atoms with Crippen LogP contribution in [0.15, 0.2) is 24.3 Å². The van der Waals surface area contributed by atoms with Crippen molar-refractivity contribution >= 4 is 12.2 Å². The Morgan fingerprint density at radius 3 is 2.50 bits per heavy atom. The third-order valence-corrected chi connectivity index (χ3v) is 5.60. The molecular weight excluding hydrogens is 320 g/mol. The lowest BCUT2D eigenvalue weighted by atomic mass is 10.2. The Labute approximate surface area is 147 Å². The summed E-state index contributed by atoms with van der Waals surface area (Å²) in [4.78, 5) is 1.55. The van der Waals surface area contributed by atoms with Gasteiger partial charge < -0.3 is 14.2 Å². The lowest BCUT2D eigenvalue weighted by Gasteiger charge is -2.19. The summed E-state index contributed by atoms with van der Waals surface area (Å²) in [6.45, 7) is 1.86. The van der Waals surface area contributed by atoms with E-state index in [1.165, 1.54) is 37.1 Å². The third-order valence-electron chi connectivity index (χ3n) is 5.11. The van der Waals surface area contributed by atoms with Gasteiger partial charge in [-0.15, -0.1) is 0 Å². The number of nitrogens with one attached hydrogen (secondary N) is 1. The second-order valence-electron chi connectivity index (χ2n) is 7.09. The quantitative estimate of drug-likeness (QED) is 0.780. The fraction of sp³-hybridized carbons (Fsp3) is 0.556. The van der Waals surface area contributed by atoms with E-state index in [1.54, 1.807) is 12.0 Å². The van der Waals surface area contributed by atoms with Gasteiger partial charge in [-0.2, -0.15) is 9.78 Å². The molecule has 6 heteroatoms. The molecule has 0 radical (unpaired) electrons. The van der Waals surface area contributed by atoms with E-state index in [1.807, 2.05) is 16.8 Å². The number of ether oxygens (including phenoxy) is 1. The molecule has 2 aliphatic rings. The number of nitrogens with zero attached hydrogens (tertiary/aromatic N) is 3. The number of benzene rings is 1. The zero-order chi connectivity index (χ0) is 16.7. The molecule has 4 rings (SSSR count). The Kier molecular flexibility index (Phi) is 4.18. The topological polar surface area (TPSA) is 36.4 Å². The number of hydrogen-bond donors (Lipinski definition) is 1. The first kappa shape index (κ1) is 15.8. The second kappa shape index (κ2) is 6.33. The molecule has 0 spiro atoms. The fourth-order valence-corrected chi connectivity index (χ4v) is 3.52. The van der Waals surface area contributed by atoms with E-state index < -0.39 is 0 Å². The average Bonchev–Trinajstić information content (AvgIpc) is 3.49. The van der Waals surface area contributed by atoms with Gasteiger partial charge in [-0.05, 0) is 49.3 Å². The Bertz CT molecular complexity index is 771. The monoisotopic (exact) mass is 345 g/mol. The molecule has 2 saturated carbocycles. The van der Waals surface area contributed by atoms with Crippen molar-refractivity contribution in [1.29, 1.82) is 0 Å². The van der Waals surface area contributed by atoms with Gasteiger partial charge in [0.2, 0.25) is 4.77 Å². The molecule has 24 heavy (non-hydrogen) atoms. The van der Waals surface area contributed by atoms with Crippen LogP contribution in [-0.2, 0) is 20.3 Å². The summed E-state index contributed by atoms with van der Waals surface area (Å²) in [5.74, 6) is 2.70. The van der Waals surface area contributed by atoms with Crippen molar-refractivity contribution in [3.8, 4) is 5.75 Å². The van der Waals surface area contributed by atoms with Crippen LogP contribution in [0.3, 0.4) is 0 Å². The fourth-order valence-electron chi connectivity index (χ4n) is 3.32. The van der Waals surface area contributed by atoms with Crippen LogP contribution in [0.1, 0.15) is 43.0 Å². The highest BCUT2D eigenvalue weighted by Crippen LogP contribution is 2.38. The molecule has 1 N–H and O–H groups in total. The Morgan fingerprint density at radius 2 is 1.92 bits per heavy atom. The van der Waals surface area contributed by atoms with Crippen molar-refractivity contribution in [2.45, 2.75) is 50.9 Å². The highest BCUT2D eigenvalue weighted by Gasteiger charge is 2.35. The molecule has 0 aliphatic heterocycles. The average molecular weight is 345 g/mol. The first-order valence-corrected chi connectivity index (χ1v) is 9.17. The van der Waals surface area contributed by atoms with Crippen molar-refractivity contribution < 1.29 is 9.64 Å². The van der Waals surface area contributed by atoms with Crippen LogP contribution in [0, 0.1) is 4.77 Å². The minimum Gasteiger partial charge on any atom is -0.497 e. The molecule has 0 amide bonds. The van der Waals surface area contributed by atoms with E-state index in [4.69, 9.17) is 22.1 Å². The van der Waals surface area contributed by atoms with E-state index in [2.05, 4.69) is 23.7 Å². The van der Waals surface area contributed by atoms with Crippen LogP contribution in [-0.4, -0.2) is 27.5 Å². The van der Waals surface area contributed by atoms with Crippen LogP contribution in [0.25, 0.3) is 0 Å². The third kappa shape index (κ3) is 3.26. The first-order valence-electron chi connectivity index (χ1n) is 8.77. The number of methoxy groups -OCH3 is 1. The predicted molar refractivity (Wildman–Crippen MR) is 94.7 cm³/mol. The summed E-state index contributed by atoms with van der Waals surface area (Å²) in [5.41, 5.74) is 1.34. The molecule has 1 atom stereocenters. The van der Waals surface area contributed by atoms with Gasteiger partial charge >= 0.3 is 0 Å². The lowest BCUT2D eigenvalue weighted by molar-refractivity contribution is -0.947. The summed E-state index contributed by atoms with van der Waals surface area (Å²) in [6, 6.07) is 9.14. The normalized spacial score (nSPS) is 18.6. The molecule has 0 bridgehead atoms. The number of quaternary nitrogens is 1. The maximum atomic E-state index is 5.62. The maximum Gasteiger partial charge on any atom is 0.202 e. The summed E-state index contributed by atoms with van der Waals surface area (Å²) >= 11 is 5.62. The van der Waals surface area contributed by atoms with Gasteiger partial charge in [0.1, 0.15) is 18.1 Å². The van der Waals surface area contributed by atoms with Crippen molar-refractivity contribution in [2.75, 3.05) is 7.11 Å². The van der Waals surface area contributed by atoms with Gasteiger partial charge in [0.15, 0.2) is 6.67 Å². The summed E-state index contributed by atoms with van der Waals surface area (Å²) in [5, 5.41) is 4.82. The minimum absolute atomic E-state index is 0.629. The summed E-state index contributed by atoms with van der Waals surface area (Å²) < 4.78 is 10.2. The van der Waals surface area contributed by atoms with Gasteiger partial charge in [0, 0.05) is 31.4 Å². The van der Waals surface area contributed by atoms with Gasteiger partial charge in [-0.1, -0.05) is 0 Å². The number of aromatic nitrogens is 3. The van der Waals surface area contributed by atoms with E-state index in [-0.39, 0.29) is 0 Å². The van der Waals surface area contributed by atoms with Crippen molar-refractivity contribution in [3.05, 3.63) is 40.4 Å². The number of rotatable bonds is 7. The standard InChI is InChI=1S/C18H24N4OS/c1-20-17(14-5-6-14)19-22(18(20)24)12-21(15-7-8-15)11-13-3-9-16(23-2)10-4-13/h3-4,9-10,14-15H,5-8,11-12H2,1-2H3/p+1. The van der Waals surface area contributed by atoms with Gasteiger partial charge in [-0.25, -0.2) is 0 Å². The Morgan fingerprint density at radius 1 is 1.21 bits per heavy atom. The zero-order valence-electron chi connectivity index (χ0n) is 14.4. The van der Waals surface area contributed by atoms with E-state index in [9.17, 15) is 0 Å². The van der Waals surface area contributed by atoms with Gasteiger partial charge in [0.05, 0.1) is 13.2 Å². The van der Waals surface area contributed by atoms with Crippen LogP contribution in [0.4, 0.5) is 0 Å². The van der Waals surface area contributed by atoms with Crippen LogP contribution in [0.5, 0.6) is 5.75 Å². The van der Waals surface area contributed by atoms with Crippen LogP contribution < -0.4 is 9.64 Å². The number of hydrogen-bond acceptors (Lipinski definition) is 3. The van der Waals surface area contributed by atoms with Crippen LogP contribution in [0.2, 0.25) is 0 Å². The molecule has 0 saturated heterocycles. The molecule has 2 fully saturated rings. The molecule has 5 nitrogen and oxygen atoms in total.